The second-order valence-electron chi connectivity index (χ2n) is 20.6. The van der Waals surface area contributed by atoms with Gasteiger partial charge in [-0.05, 0) is 103 Å². The van der Waals surface area contributed by atoms with Crippen molar-refractivity contribution in [2.45, 2.75) is 297 Å². The van der Waals surface area contributed by atoms with Crippen molar-refractivity contribution in [3.05, 3.63) is 109 Å². The van der Waals surface area contributed by atoms with Gasteiger partial charge in [0.05, 0.1) is 0 Å². The van der Waals surface area contributed by atoms with E-state index in [2.05, 4.69) is 130 Å². The molecule has 0 aromatic rings. The number of hydrogen-bond donors (Lipinski definition) is 0. The number of unbranched alkanes of at least 4 members (excludes halogenated alkanes) is 27. The van der Waals surface area contributed by atoms with Gasteiger partial charge in [0.1, 0.15) is 13.2 Å². The average Bonchev–Trinajstić information content (AvgIpc) is 3.41. The summed E-state index contributed by atoms with van der Waals surface area (Å²) in [5.74, 6) is -0.893. The highest BCUT2D eigenvalue weighted by molar-refractivity contribution is 5.71. The van der Waals surface area contributed by atoms with Crippen molar-refractivity contribution in [3.8, 4) is 0 Å². The number of carbonyl (C=O) groups excluding carboxylic acids is 3. The van der Waals surface area contributed by atoms with Crippen LogP contribution < -0.4 is 0 Å². The lowest BCUT2D eigenvalue weighted by Gasteiger charge is -2.18. The summed E-state index contributed by atoms with van der Waals surface area (Å²) in [6.07, 6.45) is 85.7. The second kappa shape index (κ2) is 62.6. The molecule has 0 aliphatic carbocycles. The van der Waals surface area contributed by atoms with Gasteiger partial charge in [-0.15, -0.1) is 0 Å². The Bertz CT molecular complexity index is 1520. The highest BCUT2D eigenvalue weighted by atomic mass is 16.6. The van der Waals surface area contributed by atoms with Crippen LogP contribution in [0.25, 0.3) is 0 Å². The Morgan fingerprint density at radius 1 is 0.280 bits per heavy atom. The summed E-state index contributed by atoms with van der Waals surface area (Å²) in [4.78, 5) is 37.9. The van der Waals surface area contributed by atoms with E-state index in [1.807, 2.05) is 0 Å². The summed E-state index contributed by atoms with van der Waals surface area (Å²) in [5.41, 5.74) is 0. The molecule has 0 saturated carbocycles. The molecule has 0 rings (SSSR count). The van der Waals surface area contributed by atoms with Crippen molar-refractivity contribution in [2.75, 3.05) is 13.2 Å². The van der Waals surface area contributed by atoms with Crippen LogP contribution in [-0.2, 0) is 28.6 Å². The second-order valence-corrected chi connectivity index (χ2v) is 20.6. The van der Waals surface area contributed by atoms with E-state index in [0.29, 0.717) is 19.3 Å². The lowest BCUT2D eigenvalue weighted by molar-refractivity contribution is -0.167. The van der Waals surface area contributed by atoms with E-state index in [-0.39, 0.29) is 31.1 Å². The van der Waals surface area contributed by atoms with Gasteiger partial charge < -0.3 is 14.2 Å². The number of hydrogen-bond acceptors (Lipinski definition) is 6. The molecule has 0 fully saturated rings. The van der Waals surface area contributed by atoms with Crippen LogP contribution in [0, 0.1) is 0 Å². The molecule has 0 radical (unpaired) electrons. The van der Waals surface area contributed by atoms with Crippen LogP contribution in [0.2, 0.25) is 0 Å². The highest BCUT2D eigenvalue weighted by Gasteiger charge is 2.19. The molecule has 75 heavy (non-hydrogen) atoms. The maximum Gasteiger partial charge on any atom is 0.306 e. The zero-order chi connectivity index (χ0) is 54.3. The standard InChI is InChI=1S/C69H116O6/c1-4-7-10-13-15-17-19-21-23-25-27-29-31-32-33-34-35-36-38-39-41-43-45-47-49-51-53-56-59-62-68(71)74-65-66(64-73-67(70)61-58-55-12-9-6-3)75-69(72)63-60-57-54-52-50-48-46-44-42-40-37-30-28-26-24-22-20-18-16-14-11-8-5-2/h7-8,10-11,15-18,21-24,27-30,32-33,66H,4-6,9,12-14,19-20,25-26,31,34-65H2,1-3H3/b10-7-,11-8-,17-15-,18-16-,23-21-,24-22-,29-27-,30-28-,33-32-. The van der Waals surface area contributed by atoms with Gasteiger partial charge in [0, 0.05) is 19.3 Å². The van der Waals surface area contributed by atoms with E-state index in [1.165, 1.54) is 128 Å². The van der Waals surface area contributed by atoms with E-state index in [9.17, 15) is 14.4 Å². The Hall–Kier alpha value is -3.93. The zero-order valence-corrected chi connectivity index (χ0v) is 49.0. The molecule has 0 aliphatic rings. The van der Waals surface area contributed by atoms with Gasteiger partial charge >= 0.3 is 17.9 Å². The van der Waals surface area contributed by atoms with Gasteiger partial charge in [-0.25, -0.2) is 0 Å². The lowest BCUT2D eigenvalue weighted by atomic mass is 10.0. The van der Waals surface area contributed by atoms with Crippen molar-refractivity contribution in [1.82, 2.24) is 0 Å². The maximum absolute atomic E-state index is 12.8. The lowest BCUT2D eigenvalue weighted by Crippen LogP contribution is -2.30. The molecule has 0 spiro atoms. The van der Waals surface area contributed by atoms with Gasteiger partial charge in [0.15, 0.2) is 6.10 Å². The number of carbonyl (C=O) groups is 3. The maximum atomic E-state index is 12.8. The van der Waals surface area contributed by atoms with Crippen molar-refractivity contribution in [3.63, 3.8) is 0 Å². The van der Waals surface area contributed by atoms with Crippen molar-refractivity contribution in [1.29, 1.82) is 0 Å². The normalized spacial score (nSPS) is 12.8. The van der Waals surface area contributed by atoms with Crippen LogP contribution in [0.3, 0.4) is 0 Å². The molecule has 428 valence electrons. The fourth-order valence-electron chi connectivity index (χ4n) is 8.64. The van der Waals surface area contributed by atoms with Crippen molar-refractivity contribution >= 4 is 17.9 Å². The van der Waals surface area contributed by atoms with Crippen LogP contribution in [0.15, 0.2) is 109 Å². The first-order valence-electron chi connectivity index (χ1n) is 31.4. The number of allylic oxidation sites excluding steroid dienone is 18. The van der Waals surface area contributed by atoms with Crippen LogP contribution in [0.4, 0.5) is 0 Å². The molecule has 0 saturated heterocycles. The van der Waals surface area contributed by atoms with E-state index in [1.54, 1.807) is 0 Å². The molecule has 0 N–H and O–H groups in total. The minimum Gasteiger partial charge on any atom is -0.462 e. The summed E-state index contributed by atoms with van der Waals surface area (Å²) in [6.45, 7) is 6.34. The first-order valence-corrected chi connectivity index (χ1v) is 31.4. The van der Waals surface area contributed by atoms with E-state index in [4.69, 9.17) is 14.2 Å². The monoisotopic (exact) mass is 1040 g/mol. The molecule has 0 aromatic heterocycles. The Balaban J connectivity index is 4.05. The van der Waals surface area contributed by atoms with Crippen molar-refractivity contribution in [2.24, 2.45) is 0 Å². The average molecular weight is 1040 g/mol. The Morgan fingerprint density at radius 3 is 0.813 bits per heavy atom. The fourth-order valence-corrected chi connectivity index (χ4v) is 8.64. The molecule has 0 amide bonds. The van der Waals surface area contributed by atoms with Gasteiger partial charge in [0.25, 0.3) is 0 Å². The molecule has 0 aliphatic heterocycles. The van der Waals surface area contributed by atoms with Crippen LogP contribution in [0.1, 0.15) is 290 Å². The van der Waals surface area contributed by atoms with Crippen LogP contribution >= 0.6 is 0 Å². The van der Waals surface area contributed by atoms with Crippen LogP contribution in [-0.4, -0.2) is 37.2 Å². The third-order valence-corrected chi connectivity index (χ3v) is 13.3. The SMILES string of the molecule is CC/C=C\C/C=C\C/C=C\C/C=C\C/C=C\CCCCCCCCCCCCCCCC(=O)OCC(COC(=O)CCCCCCC)OC(=O)CCCCCCCCCCCC/C=C\C/C=C\C/C=C\C/C=C\CC. The van der Waals surface area contributed by atoms with Crippen LogP contribution in [0.5, 0.6) is 0 Å². The molecular formula is C69H116O6. The molecule has 0 heterocycles. The topological polar surface area (TPSA) is 78.9 Å². The molecule has 0 bridgehead atoms. The minimum atomic E-state index is -0.778. The minimum absolute atomic E-state index is 0.0795. The summed E-state index contributed by atoms with van der Waals surface area (Å²) in [7, 11) is 0. The molecule has 0 aromatic carbocycles. The fraction of sp³-hybridized carbons (Fsp3) is 0.696. The van der Waals surface area contributed by atoms with Gasteiger partial charge in [-0.1, -0.05) is 278 Å². The Labute approximate surface area is 463 Å². The zero-order valence-electron chi connectivity index (χ0n) is 49.0. The highest BCUT2D eigenvalue weighted by Crippen LogP contribution is 2.16. The molecule has 6 nitrogen and oxygen atoms in total. The predicted molar refractivity (Wildman–Crippen MR) is 325 cm³/mol. The van der Waals surface area contributed by atoms with E-state index in [0.717, 1.165) is 122 Å². The van der Waals surface area contributed by atoms with E-state index < -0.39 is 6.10 Å². The number of ether oxygens (including phenoxy) is 3. The van der Waals surface area contributed by atoms with Crippen molar-refractivity contribution < 1.29 is 28.6 Å². The Morgan fingerprint density at radius 2 is 0.520 bits per heavy atom. The van der Waals surface area contributed by atoms with E-state index >= 15 is 0 Å². The first kappa shape index (κ1) is 71.1. The summed E-state index contributed by atoms with van der Waals surface area (Å²) in [5, 5.41) is 0. The number of esters is 3. The van der Waals surface area contributed by atoms with Gasteiger partial charge in [-0.2, -0.15) is 0 Å². The first-order chi connectivity index (χ1) is 37.0. The third kappa shape index (κ3) is 60.8. The quantitative estimate of drug-likeness (QED) is 0.0261. The van der Waals surface area contributed by atoms with Gasteiger partial charge in [0.2, 0.25) is 0 Å². The molecule has 1 unspecified atom stereocenters. The smallest absolute Gasteiger partial charge is 0.306 e. The molecule has 1 atom stereocenters. The Kier molecular flexibility index (Phi) is 59.3. The predicted octanol–water partition coefficient (Wildman–Crippen LogP) is 21.4. The molecular weight excluding hydrogens is 925 g/mol. The summed E-state index contributed by atoms with van der Waals surface area (Å²) >= 11 is 0. The third-order valence-electron chi connectivity index (χ3n) is 13.3. The van der Waals surface area contributed by atoms with Gasteiger partial charge in [-0.3, -0.25) is 14.4 Å². The summed E-state index contributed by atoms with van der Waals surface area (Å²) in [6, 6.07) is 0. The number of rotatable bonds is 56. The molecule has 6 heteroatoms. The largest absolute Gasteiger partial charge is 0.462 e. The summed E-state index contributed by atoms with van der Waals surface area (Å²) < 4.78 is 16.8.